The Bertz CT molecular complexity index is 422. The van der Waals surface area contributed by atoms with Crippen molar-refractivity contribution in [2.75, 3.05) is 11.1 Å². The molecule has 0 bridgehead atoms. The van der Waals surface area contributed by atoms with Crippen molar-refractivity contribution >= 4 is 23.4 Å². The van der Waals surface area contributed by atoms with Crippen molar-refractivity contribution in [1.29, 1.82) is 0 Å². The fraction of sp³-hybridized carbons (Fsp3) is 0.250. The molecule has 3 N–H and O–H groups in total. The quantitative estimate of drug-likeness (QED) is 0.805. The zero-order valence-corrected chi connectivity index (χ0v) is 8.47. The van der Waals surface area contributed by atoms with Crippen LogP contribution in [0.2, 0.25) is 0 Å². The predicted octanol–water partition coefficient (Wildman–Crippen LogP) is 1.63. The van der Waals surface area contributed by atoms with Crippen LogP contribution in [-0.4, -0.2) is 10.2 Å². The summed E-state index contributed by atoms with van der Waals surface area (Å²) in [5, 5.41) is 12.3. The van der Waals surface area contributed by atoms with Gasteiger partial charge in [-0.15, -0.1) is 11.3 Å². The van der Waals surface area contributed by atoms with Crippen molar-refractivity contribution < 1.29 is 4.42 Å². The lowest BCUT2D eigenvalue weighted by Gasteiger charge is -1.99. The third-order valence-corrected chi connectivity index (χ3v) is 2.83. The molecule has 0 atom stereocenters. The van der Waals surface area contributed by atoms with Gasteiger partial charge in [-0.1, -0.05) is 10.2 Å². The van der Waals surface area contributed by atoms with Crippen LogP contribution in [0, 0.1) is 6.92 Å². The van der Waals surface area contributed by atoms with E-state index in [9.17, 15) is 0 Å². The van der Waals surface area contributed by atoms with Crippen molar-refractivity contribution in [2.24, 2.45) is 0 Å². The smallest absolute Gasteiger partial charge is 0.317 e. The van der Waals surface area contributed by atoms with Crippen LogP contribution in [0.15, 0.2) is 15.9 Å². The maximum atomic E-state index is 5.28. The van der Waals surface area contributed by atoms with Gasteiger partial charge in [-0.05, 0) is 23.9 Å². The standard InChI is InChI=1S/C8H10N4OS/c1-5-2-3-14-6(5)4-10-8-12-11-7(9)13-8/h2-3H,4H2,1H3,(H2,9,11)(H,10,12). The molecule has 0 amide bonds. The molecular formula is C8H10N4OS. The number of nitrogens with two attached hydrogens (primary N) is 1. The Morgan fingerprint density at radius 3 is 3.00 bits per heavy atom. The molecule has 0 aliphatic rings. The van der Waals surface area contributed by atoms with Crippen molar-refractivity contribution in [3.8, 4) is 0 Å². The summed E-state index contributed by atoms with van der Waals surface area (Å²) in [6.45, 7) is 2.75. The third-order valence-electron chi connectivity index (χ3n) is 1.81. The molecule has 0 fully saturated rings. The van der Waals surface area contributed by atoms with E-state index >= 15 is 0 Å². The number of thiophene rings is 1. The molecule has 74 valence electrons. The van der Waals surface area contributed by atoms with Crippen LogP contribution < -0.4 is 11.1 Å². The van der Waals surface area contributed by atoms with E-state index in [1.807, 2.05) is 0 Å². The van der Waals surface area contributed by atoms with Crippen LogP contribution >= 0.6 is 11.3 Å². The van der Waals surface area contributed by atoms with Crippen molar-refractivity contribution in [2.45, 2.75) is 13.5 Å². The molecule has 0 saturated heterocycles. The van der Waals surface area contributed by atoms with Gasteiger partial charge in [0.2, 0.25) is 0 Å². The summed E-state index contributed by atoms with van der Waals surface area (Å²) in [5.41, 5.74) is 6.54. The number of nitrogens with zero attached hydrogens (tertiary/aromatic N) is 2. The van der Waals surface area contributed by atoms with Gasteiger partial charge < -0.3 is 15.5 Å². The van der Waals surface area contributed by atoms with E-state index in [1.54, 1.807) is 11.3 Å². The summed E-state index contributed by atoms with van der Waals surface area (Å²) in [6, 6.07) is 2.51. The van der Waals surface area contributed by atoms with Gasteiger partial charge in [0.1, 0.15) is 0 Å². The van der Waals surface area contributed by atoms with Crippen LogP contribution in [0.1, 0.15) is 10.4 Å². The van der Waals surface area contributed by atoms with Crippen LogP contribution in [0.25, 0.3) is 0 Å². The summed E-state index contributed by atoms with van der Waals surface area (Å²) in [6.07, 6.45) is 0. The molecule has 0 unspecified atom stereocenters. The number of aryl methyl sites for hydroxylation is 1. The van der Waals surface area contributed by atoms with Crippen molar-refractivity contribution in [1.82, 2.24) is 10.2 Å². The zero-order chi connectivity index (χ0) is 9.97. The van der Waals surface area contributed by atoms with Gasteiger partial charge in [0, 0.05) is 4.88 Å². The first kappa shape index (κ1) is 9.01. The van der Waals surface area contributed by atoms with E-state index in [2.05, 4.69) is 33.9 Å². The monoisotopic (exact) mass is 210 g/mol. The molecular weight excluding hydrogens is 200 g/mol. The molecule has 2 aromatic rings. The van der Waals surface area contributed by atoms with Gasteiger partial charge in [0.15, 0.2) is 0 Å². The Hall–Kier alpha value is -1.56. The van der Waals surface area contributed by atoms with Crippen LogP contribution in [-0.2, 0) is 6.54 Å². The van der Waals surface area contributed by atoms with Crippen LogP contribution in [0.4, 0.5) is 12.0 Å². The highest BCUT2D eigenvalue weighted by Crippen LogP contribution is 2.17. The summed E-state index contributed by atoms with van der Waals surface area (Å²) in [4.78, 5) is 1.25. The SMILES string of the molecule is Cc1ccsc1CNc1nnc(N)o1. The number of anilines is 2. The Kier molecular flexibility index (Phi) is 2.36. The van der Waals surface area contributed by atoms with Crippen LogP contribution in [0.5, 0.6) is 0 Å². The van der Waals surface area contributed by atoms with Gasteiger partial charge in [-0.25, -0.2) is 0 Å². The Balaban J connectivity index is 1.98. The molecule has 0 aliphatic carbocycles. The maximum absolute atomic E-state index is 5.28. The highest BCUT2D eigenvalue weighted by Gasteiger charge is 2.03. The molecule has 2 aromatic heterocycles. The van der Waals surface area contributed by atoms with E-state index in [1.165, 1.54) is 10.4 Å². The van der Waals surface area contributed by atoms with Gasteiger partial charge in [-0.2, -0.15) is 0 Å². The average molecular weight is 210 g/mol. The molecule has 0 saturated carbocycles. The fourth-order valence-corrected chi connectivity index (χ4v) is 1.89. The lowest BCUT2D eigenvalue weighted by atomic mass is 10.3. The highest BCUT2D eigenvalue weighted by molar-refractivity contribution is 7.10. The molecule has 0 aliphatic heterocycles. The number of nitrogen functional groups attached to an aromatic ring is 1. The second kappa shape index (κ2) is 3.67. The van der Waals surface area contributed by atoms with E-state index in [-0.39, 0.29) is 6.01 Å². The molecule has 2 heterocycles. The van der Waals surface area contributed by atoms with E-state index in [4.69, 9.17) is 10.2 Å². The van der Waals surface area contributed by atoms with Gasteiger partial charge in [0.05, 0.1) is 6.54 Å². The molecule has 5 nitrogen and oxygen atoms in total. The van der Waals surface area contributed by atoms with Crippen LogP contribution in [0.3, 0.4) is 0 Å². The van der Waals surface area contributed by atoms with Crippen molar-refractivity contribution in [3.63, 3.8) is 0 Å². The number of rotatable bonds is 3. The zero-order valence-electron chi connectivity index (χ0n) is 7.65. The predicted molar refractivity (Wildman–Crippen MR) is 55.1 cm³/mol. The maximum Gasteiger partial charge on any atom is 0.317 e. The Morgan fingerprint density at radius 2 is 2.43 bits per heavy atom. The molecule has 0 spiro atoms. The van der Waals surface area contributed by atoms with Crippen molar-refractivity contribution in [3.05, 3.63) is 21.9 Å². The number of nitrogens with one attached hydrogen (secondary N) is 1. The molecule has 2 rings (SSSR count). The molecule has 14 heavy (non-hydrogen) atoms. The number of hydrogen-bond donors (Lipinski definition) is 2. The van der Waals surface area contributed by atoms with Gasteiger partial charge >= 0.3 is 12.0 Å². The normalized spacial score (nSPS) is 10.4. The number of aromatic nitrogens is 2. The van der Waals surface area contributed by atoms with E-state index < -0.39 is 0 Å². The summed E-state index contributed by atoms with van der Waals surface area (Å²) < 4.78 is 4.97. The highest BCUT2D eigenvalue weighted by atomic mass is 32.1. The number of hydrogen-bond acceptors (Lipinski definition) is 6. The minimum Gasteiger partial charge on any atom is -0.390 e. The second-order valence-electron chi connectivity index (χ2n) is 2.83. The largest absolute Gasteiger partial charge is 0.390 e. The second-order valence-corrected chi connectivity index (χ2v) is 3.83. The average Bonchev–Trinajstić information content (AvgIpc) is 2.72. The fourth-order valence-electron chi connectivity index (χ4n) is 1.05. The van der Waals surface area contributed by atoms with Gasteiger partial charge in [0.25, 0.3) is 0 Å². The first-order valence-corrected chi connectivity index (χ1v) is 4.99. The lowest BCUT2D eigenvalue weighted by Crippen LogP contribution is -1.98. The van der Waals surface area contributed by atoms with Gasteiger partial charge in [-0.3, -0.25) is 0 Å². The van der Waals surface area contributed by atoms with E-state index in [0.29, 0.717) is 12.6 Å². The third kappa shape index (κ3) is 1.85. The lowest BCUT2D eigenvalue weighted by molar-refractivity contribution is 0.586. The molecule has 0 radical (unpaired) electrons. The summed E-state index contributed by atoms with van der Waals surface area (Å²) >= 11 is 1.69. The topological polar surface area (TPSA) is 77.0 Å². The summed E-state index contributed by atoms with van der Waals surface area (Å²) in [7, 11) is 0. The Labute approximate surface area is 85.0 Å². The molecule has 0 aromatic carbocycles. The Morgan fingerprint density at radius 1 is 1.57 bits per heavy atom. The first-order chi connectivity index (χ1) is 6.75. The van der Waals surface area contributed by atoms with E-state index in [0.717, 1.165) is 0 Å². The first-order valence-electron chi connectivity index (χ1n) is 4.11. The molecule has 6 heteroatoms. The minimum absolute atomic E-state index is 0.0791. The summed E-state index contributed by atoms with van der Waals surface area (Å²) in [5.74, 6) is 0. The minimum atomic E-state index is 0.0791.